The van der Waals surface area contributed by atoms with Gasteiger partial charge in [0, 0.05) is 29.9 Å². The number of anilines is 1. The number of hydrogen-bond acceptors (Lipinski definition) is 5. The highest BCUT2D eigenvalue weighted by molar-refractivity contribution is 7.09. The Morgan fingerprint density at radius 2 is 2.12 bits per heavy atom. The molecule has 0 bridgehead atoms. The zero-order chi connectivity index (χ0) is 12.2. The van der Waals surface area contributed by atoms with Crippen molar-refractivity contribution < 1.29 is 4.79 Å². The van der Waals surface area contributed by atoms with Crippen LogP contribution < -0.4 is 10.6 Å². The molecule has 0 aromatic carbocycles. The molecule has 0 spiro atoms. The summed E-state index contributed by atoms with van der Waals surface area (Å²) in [6.07, 6.45) is 0.445. The summed E-state index contributed by atoms with van der Waals surface area (Å²) in [5, 5.41) is 6.23. The fourth-order valence-electron chi connectivity index (χ4n) is 0.999. The van der Waals surface area contributed by atoms with E-state index in [2.05, 4.69) is 20.0 Å². The van der Waals surface area contributed by atoms with E-state index in [1.165, 1.54) is 11.5 Å². The maximum Gasteiger partial charge on any atom is 0.227 e. The molecule has 0 atom stereocenters. The van der Waals surface area contributed by atoms with Gasteiger partial charge < -0.3 is 10.6 Å². The lowest BCUT2D eigenvalue weighted by molar-refractivity contribution is -0.116. The second kappa shape index (κ2) is 5.36. The summed E-state index contributed by atoms with van der Waals surface area (Å²) in [7, 11) is 1.82. The summed E-state index contributed by atoms with van der Waals surface area (Å²) in [4.78, 5) is 15.7. The smallest absolute Gasteiger partial charge is 0.227 e. The van der Waals surface area contributed by atoms with Gasteiger partial charge in [0.15, 0.2) is 0 Å². The SMILES string of the molecule is CNCCC(=O)Nc1nc(C(C)(C)C)ns1. The van der Waals surface area contributed by atoms with Crippen molar-refractivity contribution in [2.75, 3.05) is 18.9 Å². The van der Waals surface area contributed by atoms with E-state index in [-0.39, 0.29) is 11.3 Å². The van der Waals surface area contributed by atoms with Gasteiger partial charge >= 0.3 is 0 Å². The largest absolute Gasteiger partial charge is 0.319 e. The minimum atomic E-state index is -0.0789. The van der Waals surface area contributed by atoms with E-state index >= 15 is 0 Å². The van der Waals surface area contributed by atoms with Gasteiger partial charge in [-0.1, -0.05) is 20.8 Å². The maximum absolute atomic E-state index is 11.4. The molecule has 2 N–H and O–H groups in total. The maximum atomic E-state index is 11.4. The molecule has 5 nitrogen and oxygen atoms in total. The number of aromatic nitrogens is 2. The Morgan fingerprint density at radius 1 is 1.44 bits per heavy atom. The molecule has 6 heteroatoms. The van der Waals surface area contributed by atoms with Crippen molar-refractivity contribution in [1.82, 2.24) is 14.7 Å². The molecule has 0 saturated heterocycles. The van der Waals surface area contributed by atoms with Crippen LogP contribution >= 0.6 is 11.5 Å². The van der Waals surface area contributed by atoms with E-state index < -0.39 is 0 Å². The summed E-state index contributed by atoms with van der Waals surface area (Å²) in [6, 6.07) is 0. The fraction of sp³-hybridized carbons (Fsp3) is 0.700. The second-order valence-electron chi connectivity index (χ2n) is 4.57. The lowest BCUT2D eigenvalue weighted by Gasteiger charge is -2.12. The Bertz CT molecular complexity index is 356. The standard InChI is InChI=1S/C10H18N4OS/c1-10(2,3)8-13-9(16-14-8)12-7(15)5-6-11-4/h11H,5-6H2,1-4H3,(H,12,13,14,15). The molecule has 16 heavy (non-hydrogen) atoms. The number of nitrogens with zero attached hydrogens (tertiary/aromatic N) is 2. The van der Waals surface area contributed by atoms with Gasteiger partial charge in [-0.05, 0) is 7.05 Å². The van der Waals surface area contributed by atoms with E-state index in [4.69, 9.17) is 0 Å². The van der Waals surface area contributed by atoms with E-state index in [1.807, 2.05) is 27.8 Å². The van der Waals surface area contributed by atoms with Crippen LogP contribution in [0.25, 0.3) is 0 Å². The molecular weight excluding hydrogens is 224 g/mol. The summed E-state index contributed by atoms with van der Waals surface area (Å²) < 4.78 is 4.22. The van der Waals surface area contributed by atoms with Crippen molar-refractivity contribution in [2.45, 2.75) is 32.6 Å². The van der Waals surface area contributed by atoms with Crippen LogP contribution in [0.15, 0.2) is 0 Å². The van der Waals surface area contributed by atoms with Gasteiger partial charge in [0.1, 0.15) is 5.82 Å². The number of carbonyl (C=O) groups excluding carboxylic acids is 1. The van der Waals surface area contributed by atoms with E-state index in [9.17, 15) is 4.79 Å². The predicted molar refractivity (Wildman–Crippen MR) is 65.8 cm³/mol. The third-order valence-electron chi connectivity index (χ3n) is 1.95. The van der Waals surface area contributed by atoms with Gasteiger partial charge in [0.05, 0.1) is 0 Å². The van der Waals surface area contributed by atoms with Crippen LogP contribution in [0.5, 0.6) is 0 Å². The van der Waals surface area contributed by atoms with Crippen molar-refractivity contribution in [2.24, 2.45) is 0 Å². The quantitative estimate of drug-likeness (QED) is 0.837. The fourth-order valence-corrected chi connectivity index (χ4v) is 1.77. The molecule has 0 aliphatic rings. The highest BCUT2D eigenvalue weighted by atomic mass is 32.1. The molecule has 1 heterocycles. The topological polar surface area (TPSA) is 66.9 Å². The lowest BCUT2D eigenvalue weighted by atomic mass is 9.96. The van der Waals surface area contributed by atoms with E-state index in [1.54, 1.807) is 0 Å². The van der Waals surface area contributed by atoms with Crippen molar-refractivity contribution >= 4 is 22.6 Å². The Balaban J connectivity index is 2.56. The Kier molecular flexibility index (Phi) is 4.37. The summed E-state index contributed by atoms with van der Waals surface area (Å²) in [6.45, 7) is 6.79. The van der Waals surface area contributed by atoms with Crippen LogP contribution in [0.2, 0.25) is 0 Å². The number of amides is 1. The normalized spacial score (nSPS) is 11.5. The number of rotatable bonds is 4. The zero-order valence-corrected chi connectivity index (χ0v) is 10.9. The van der Waals surface area contributed by atoms with Gasteiger partial charge in [-0.25, -0.2) is 4.98 Å². The molecule has 1 aromatic rings. The Morgan fingerprint density at radius 3 is 2.62 bits per heavy atom. The van der Waals surface area contributed by atoms with Crippen LogP contribution in [-0.2, 0) is 10.2 Å². The van der Waals surface area contributed by atoms with Crippen LogP contribution in [0.3, 0.4) is 0 Å². The Labute approximate surface area is 99.8 Å². The van der Waals surface area contributed by atoms with Crippen molar-refractivity contribution in [3.8, 4) is 0 Å². The van der Waals surface area contributed by atoms with Gasteiger partial charge in [-0.15, -0.1) is 0 Å². The van der Waals surface area contributed by atoms with Crippen LogP contribution in [0.1, 0.15) is 33.0 Å². The average Bonchev–Trinajstić information content (AvgIpc) is 2.62. The Hall–Kier alpha value is -1.01. The highest BCUT2D eigenvalue weighted by Crippen LogP contribution is 2.22. The molecule has 1 amide bonds. The molecular formula is C10H18N4OS. The minimum Gasteiger partial charge on any atom is -0.319 e. The average molecular weight is 242 g/mol. The molecule has 0 aliphatic heterocycles. The molecule has 1 rings (SSSR count). The molecule has 0 fully saturated rings. The van der Waals surface area contributed by atoms with E-state index in [0.29, 0.717) is 18.1 Å². The third kappa shape index (κ3) is 3.86. The molecule has 0 aliphatic carbocycles. The third-order valence-corrected chi connectivity index (χ3v) is 2.58. The molecule has 0 unspecified atom stereocenters. The van der Waals surface area contributed by atoms with Crippen LogP contribution in [-0.4, -0.2) is 28.9 Å². The summed E-state index contributed by atoms with van der Waals surface area (Å²) >= 11 is 1.22. The van der Waals surface area contributed by atoms with Gasteiger partial charge in [-0.2, -0.15) is 4.37 Å². The van der Waals surface area contributed by atoms with Crippen molar-refractivity contribution in [3.05, 3.63) is 5.82 Å². The highest BCUT2D eigenvalue weighted by Gasteiger charge is 2.19. The van der Waals surface area contributed by atoms with Gasteiger partial charge in [0.2, 0.25) is 11.0 Å². The first kappa shape index (κ1) is 13.1. The molecule has 0 saturated carbocycles. The minimum absolute atomic E-state index is 0.0361. The van der Waals surface area contributed by atoms with Crippen LogP contribution in [0.4, 0.5) is 5.13 Å². The number of carbonyl (C=O) groups is 1. The van der Waals surface area contributed by atoms with Crippen LogP contribution in [0, 0.1) is 0 Å². The summed E-state index contributed by atoms with van der Waals surface area (Å²) in [5.74, 6) is 0.729. The predicted octanol–water partition coefficient (Wildman–Crippen LogP) is 1.38. The first-order valence-electron chi connectivity index (χ1n) is 5.22. The monoisotopic (exact) mass is 242 g/mol. The van der Waals surface area contributed by atoms with E-state index in [0.717, 1.165) is 5.82 Å². The zero-order valence-electron chi connectivity index (χ0n) is 10.1. The first-order valence-corrected chi connectivity index (χ1v) is 5.99. The van der Waals surface area contributed by atoms with Gasteiger partial charge in [-0.3, -0.25) is 4.79 Å². The molecule has 0 radical (unpaired) electrons. The molecule has 1 aromatic heterocycles. The summed E-state index contributed by atoms with van der Waals surface area (Å²) in [5.41, 5.74) is -0.0789. The number of hydrogen-bond donors (Lipinski definition) is 2. The lowest BCUT2D eigenvalue weighted by Crippen LogP contribution is -2.19. The second-order valence-corrected chi connectivity index (χ2v) is 5.33. The van der Waals surface area contributed by atoms with Crippen molar-refractivity contribution in [1.29, 1.82) is 0 Å². The number of nitrogens with one attached hydrogen (secondary N) is 2. The molecule has 90 valence electrons. The first-order chi connectivity index (χ1) is 7.43. The van der Waals surface area contributed by atoms with Gasteiger partial charge in [0.25, 0.3) is 0 Å². The van der Waals surface area contributed by atoms with Crippen molar-refractivity contribution in [3.63, 3.8) is 0 Å².